The van der Waals surface area contributed by atoms with Crippen molar-refractivity contribution in [2.45, 2.75) is 5.60 Å². The van der Waals surface area contributed by atoms with Crippen molar-refractivity contribution in [1.82, 2.24) is 0 Å². The molecular formula is C12H12O3. The molecule has 1 saturated heterocycles. The summed E-state index contributed by atoms with van der Waals surface area (Å²) in [6.45, 7) is 1.21. The number of fused-ring (bicyclic) bond motifs is 1. The molecule has 0 saturated carbocycles. The summed E-state index contributed by atoms with van der Waals surface area (Å²) in [7, 11) is 1.71. The molecule has 0 spiro atoms. The highest BCUT2D eigenvalue weighted by molar-refractivity contribution is 5.82. The van der Waals surface area contributed by atoms with Crippen LogP contribution in [0.3, 0.4) is 0 Å². The van der Waals surface area contributed by atoms with Crippen molar-refractivity contribution in [3.8, 4) is 0 Å². The molecule has 0 N–H and O–H groups in total. The Balaban J connectivity index is 2.18. The van der Waals surface area contributed by atoms with Crippen LogP contribution in [-0.4, -0.2) is 20.3 Å². The Morgan fingerprint density at radius 3 is 2.73 bits per heavy atom. The number of methoxy groups -OCH3 is 1. The van der Waals surface area contributed by atoms with Gasteiger partial charge in [-0.3, -0.25) is 0 Å². The molecule has 1 aliphatic rings. The van der Waals surface area contributed by atoms with Crippen molar-refractivity contribution >= 4 is 11.0 Å². The van der Waals surface area contributed by atoms with E-state index in [4.69, 9.17) is 13.9 Å². The molecule has 3 heteroatoms. The van der Waals surface area contributed by atoms with Crippen molar-refractivity contribution in [2.75, 3.05) is 20.3 Å². The molecule has 1 fully saturated rings. The Kier molecular flexibility index (Phi) is 1.84. The fourth-order valence-electron chi connectivity index (χ4n) is 2.00. The van der Waals surface area contributed by atoms with Crippen LogP contribution in [0.4, 0.5) is 0 Å². The largest absolute Gasteiger partial charge is 0.464 e. The SMILES string of the molecule is COC1(c2coc3ccccc23)COC1. The van der Waals surface area contributed by atoms with Crippen LogP contribution < -0.4 is 0 Å². The lowest BCUT2D eigenvalue weighted by Crippen LogP contribution is -2.48. The van der Waals surface area contributed by atoms with E-state index < -0.39 is 0 Å². The van der Waals surface area contributed by atoms with Crippen molar-refractivity contribution < 1.29 is 13.9 Å². The fourth-order valence-corrected chi connectivity index (χ4v) is 2.00. The lowest BCUT2D eigenvalue weighted by atomic mass is 9.91. The van der Waals surface area contributed by atoms with Crippen LogP contribution in [0.2, 0.25) is 0 Å². The Labute approximate surface area is 87.6 Å². The molecule has 0 amide bonds. The molecule has 1 aliphatic heterocycles. The second-order valence-corrected chi connectivity index (χ2v) is 3.84. The van der Waals surface area contributed by atoms with Crippen LogP contribution >= 0.6 is 0 Å². The van der Waals surface area contributed by atoms with Crippen molar-refractivity contribution in [3.05, 3.63) is 36.1 Å². The maximum absolute atomic E-state index is 5.54. The summed E-state index contributed by atoms with van der Waals surface area (Å²) in [6.07, 6.45) is 1.77. The van der Waals surface area contributed by atoms with Crippen LogP contribution in [0, 0.1) is 0 Å². The van der Waals surface area contributed by atoms with Gasteiger partial charge in [0.1, 0.15) is 11.2 Å². The maximum atomic E-state index is 5.54. The predicted octanol–water partition coefficient (Wildman–Crippen LogP) is 2.30. The van der Waals surface area contributed by atoms with Crippen molar-refractivity contribution in [3.63, 3.8) is 0 Å². The summed E-state index contributed by atoms with van der Waals surface area (Å²) in [5.41, 5.74) is 1.69. The number of hydrogen-bond acceptors (Lipinski definition) is 3. The summed E-state index contributed by atoms with van der Waals surface area (Å²) >= 11 is 0. The van der Waals surface area contributed by atoms with Crippen LogP contribution in [0.1, 0.15) is 5.56 Å². The predicted molar refractivity (Wildman–Crippen MR) is 55.7 cm³/mol. The Morgan fingerprint density at radius 1 is 1.27 bits per heavy atom. The maximum Gasteiger partial charge on any atom is 0.143 e. The van der Waals surface area contributed by atoms with Gasteiger partial charge in [0.25, 0.3) is 0 Å². The normalized spacial score (nSPS) is 19.0. The lowest BCUT2D eigenvalue weighted by molar-refractivity contribution is -0.202. The van der Waals surface area contributed by atoms with Gasteiger partial charge in [0, 0.05) is 18.1 Å². The molecule has 1 aromatic heterocycles. The number of benzene rings is 1. The Bertz CT molecular complexity index is 477. The number of ether oxygens (including phenoxy) is 2. The second kappa shape index (κ2) is 3.08. The Morgan fingerprint density at radius 2 is 2.07 bits per heavy atom. The smallest absolute Gasteiger partial charge is 0.143 e. The summed E-state index contributed by atoms with van der Waals surface area (Å²) < 4.78 is 16.3. The van der Waals surface area contributed by atoms with Gasteiger partial charge in [0.15, 0.2) is 0 Å². The van der Waals surface area contributed by atoms with Crippen molar-refractivity contribution in [2.24, 2.45) is 0 Å². The molecule has 2 aromatic rings. The minimum absolute atomic E-state index is 0.299. The highest BCUT2D eigenvalue weighted by atomic mass is 16.6. The lowest BCUT2D eigenvalue weighted by Gasteiger charge is -2.39. The van der Waals surface area contributed by atoms with Crippen molar-refractivity contribution in [1.29, 1.82) is 0 Å². The average Bonchev–Trinajstić information content (AvgIpc) is 2.62. The monoisotopic (exact) mass is 204 g/mol. The third-order valence-corrected chi connectivity index (χ3v) is 3.03. The van der Waals surface area contributed by atoms with Gasteiger partial charge < -0.3 is 13.9 Å². The zero-order valence-corrected chi connectivity index (χ0v) is 8.53. The minimum Gasteiger partial charge on any atom is -0.464 e. The molecule has 1 aromatic carbocycles. The van der Waals surface area contributed by atoms with E-state index in [2.05, 4.69) is 0 Å². The van der Waals surface area contributed by atoms with E-state index in [1.54, 1.807) is 13.4 Å². The third-order valence-electron chi connectivity index (χ3n) is 3.03. The summed E-state index contributed by atoms with van der Waals surface area (Å²) in [5.74, 6) is 0. The van der Waals surface area contributed by atoms with Gasteiger partial charge in [0.2, 0.25) is 0 Å². The number of furan rings is 1. The van der Waals surface area contributed by atoms with Crippen LogP contribution in [0.25, 0.3) is 11.0 Å². The van der Waals surface area contributed by atoms with E-state index in [0.717, 1.165) is 16.5 Å². The van der Waals surface area contributed by atoms with Crippen LogP contribution in [-0.2, 0) is 15.1 Å². The molecule has 0 radical (unpaired) electrons. The van der Waals surface area contributed by atoms with E-state index in [1.807, 2.05) is 24.3 Å². The zero-order chi connectivity index (χ0) is 10.3. The molecule has 0 atom stereocenters. The highest BCUT2D eigenvalue weighted by Gasteiger charge is 2.42. The van der Waals surface area contributed by atoms with Gasteiger partial charge in [-0.15, -0.1) is 0 Å². The molecular weight excluding hydrogens is 192 g/mol. The number of rotatable bonds is 2. The number of hydrogen-bond donors (Lipinski definition) is 0. The Hall–Kier alpha value is -1.32. The van der Waals surface area contributed by atoms with E-state index in [-0.39, 0.29) is 5.60 Å². The molecule has 3 rings (SSSR count). The third kappa shape index (κ3) is 1.14. The average molecular weight is 204 g/mol. The molecule has 3 nitrogen and oxygen atoms in total. The molecule has 0 aliphatic carbocycles. The minimum atomic E-state index is -0.299. The van der Waals surface area contributed by atoms with Gasteiger partial charge in [-0.05, 0) is 6.07 Å². The van der Waals surface area contributed by atoms with E-state index in [1.165, 1.54) is 0 Å². The van der Waals surface area contributed by atoms with Crippen LogP contribution in [0.15, 0.2) is 34.9 Å². The van der Waals surface area contributed by atoms with Gasteiger partial charge in [-0.25, -0.2) is 0 Å². The first-order valence-corrected chi connectivity index (χ1v) is 4.95. The molecule has 78 valence electrons. The topological polar surface area (TPSA) is 31.6 Å². The van der Waals surface area contributed by atoms with Crippen LogP contribution in [0.5, 0.6) is 0 Å². The highest BCUT2D eigenvalue weighted by Crippen LogP contribution is 2.38. The summed E-state index contributed by atoms with van der Waals surface area (Å²) in [5, 5.41) is 1.11. The van der Waals surface area contributed by atoms with Gasteiger partial charge in [-0.1, -0.05) is 18.2 Å². The fraction of sp³-hybridized carbons (Fsp3) is 0.333. The standard InChI is InChI=1S/C12H12O3/c1-13-12(7-14-8-12)10-6-15-11-5-3-2-4-9(10)11/h2-6H,7-8H2,1H3. The summed E-state index contributed by atoms with van der Waals surface area (Å²) in [4.78, 5) is 0. The van der Waals surface area contributed by atoms with E-state index in [0.29, 0.717) is 13.2 Å². The quantitative estimate of drug-likeness (QED) is 0.752. The first-order valence-electron chi connectivity index (χ1n) is 4.95. The first kappa shape index (κ1) is 8.95. The number of para-hydroxylation sites is 1. The van der Waals surface area contributed by atoms with Gasteiger partial charge in [-0.2, -0.15) is 0 Å². The van der Waals surface area contributed by atoms with Gasteiger partial charge >= 0.3 is 0 Å². The van der Waals surface area contributed by atoms with E-state index in [9.17, 15) is 0 Å². The molecule has 0 bridgehead atoms. The van der Waals surface area contributed by atoms with E-state index >= 15 is 0 Å². The molecule has 2 heterocycles. The van der Waals surface area contributed by atoms with Gasteiger partial charge in [0.05, 0.1) is 19.5 Å². The zero-order valence-electron chi connectivity index (χ0n) is 8.53. The first-order chi connectivity index (χ1) is 7.36. The second-order valence-electron chi connectivity index (χ2n) is 3.84. The summed E-state index contributed by atoms with van der Waals surface area (Å²) in [6, 6.07) is 7.98. The molecule has 15 heavy (non-hydrogen) atoms. The molecule has 0 unspecified atom stereocenters.